The lowest BCUT2D eigenvalue weighted by atomic mass is 10.0. The van der Waals surface area contributed by atoms with E-state index in [4.69, 9.17) is 0 Å². The van der Waals surface area contributed by atoms with E-state index in [1.54, 1.807) is 12.5 Å². The van der Waals surface area contributed by atoms with E-state index < -0.39 is 6.10 Å². The first-order chi connectivity index (χ1) is 12.8. The predicted molar refractivity (Wildman–Crippen MR) is 104 cm³/mol. The second-order valence-corrected chi connectivity index (χ2v) is 6.32. The van der Waals surface area contributed by atoms with Crippen LogP contribution in [0, 0.1) is 0 Å². The molecular weight excluding hydrogens is 320 g/mol. The van der Waals surface area contributed by atoms with E-state index >= 15 is 0 Å². The van der Waals surface area contributed by atoms with Crippen molar-refractivity contribution in [2.45, 2.75) is 12.6 Å². The number of imidazole rings is 1. The Morgan fingerprint density at radius 1 is 0.769 bits per heavy atom. The predicted octanol–water partition coefficient (Wildman–Crippen LogP) is 4.68. The molecule has 1 N–H and O–H groups in total. The molecule has 0 saturated carbocycles. The quantitative estimate of drug-likeness (QED) is 0.573. The number of rotatable bonds is 5. The Bertz CT molecular complexity index is 960. The van der Waals surface area contributed by atoms with Crippen molar-refractivity contribution in [3.8, 4) is 11.1 Å². The molecule has 3 nitrogen and oxygen atoms in total. The Labute approximate surface area is 153 Å². The van der Waals surface area contributed by atoms with Gasteiger partial charge in [-0.3, -0.25) is 0 Å². The first kappa shape index (κ1) is 16.3. The highest BCUT2D eigenvalue weighted by atomic mass is 16.3. The lowest BCUT2D eigenvalue weighted by molar-refractivity contribution is 0.210. The second-order valence-electron chi connectivity index (χ2n) is 6.32. The van der Waals surface area contributed by atoms with Crippen LogP contribution < -0.4 is 0 Å². The van der Waals surface area contributed by atoms with Crippen LogP contribution >= 0.6 is 0 Å². The highest BCUT2D eigenvalue weighted by Gasteiger charge is 2.15. The van der Waals surface area contributed by atoms with Gasteiger partial charge >= 0.3 is 0 Å². The molecule has 26 heavy (non-hydrogen) atoms. The number of benzene rings is 3. The molecule has 0 amide bonds. The van der Waals surface area contributed by atoms with E-state index in [1.165, 1.54) is 11.1 Å². The summed E-state index contributed by atoms with van der Waals surface area (Å²) in [6, 6.07) is 28.5. The minimum absolute atomic E-state index is 0.690. The molecule has 1 atom stereocenters. The van der Waals surface area contributed by atoms with Crippen LogP contribution in [0.3, 0.4) is 0 Å². The number of nitrogens with zero attached hydrogens (tertiary/aromatic N) is 2. The summed E-state index contributed by atoms with van der Waals surface area (Å²) in [4.78, 5) is 4.23. The van der Waals surface area contributed by atoms with Gasteiger partial charge < -0.3 is 9.67 Å². The lowest BCUT2D eigenvalue weighted by Crippen LogP contribution is -2.09. The first-order valence-corrected chi connectivity index (χ1v) is 8.68. The number of hydrogen-bond acceptors (Lipinski definition) is 2. The van der Waals surface area contributed by atoms with Crippen LogP contribution in [0.2, 0.25) is 0 Å². The van der Waals surface area contributed by atoms with Crippen molar-refractivity contribution in [2.75, 3.05) is 0 Å². The van der Waals surface area contributed by atoms with Crippen LogP contribution in [0.1, 0.15) is 22.9 Å². The van der Waals surface area contributed by atoms with Crippen LogP contribution in [0.25, 0.3) is 11.1 Å². The molecule has 1 heterocycles. The summed E-state index contributed by atoms with van der Waals surface area (Å²) in [5.41, 5.74) is 5.14. The molecule has 4 aromatic rings. The monoisotopic (exact) mass is 340 g/mol. The molecule has 0 aliphatic carbocycles. The fourth-order valence-corrected chi connectivity index (χ4v) is 3.13. The van der Waals surface area contributed by atoms with Gasteiger partial charge in [-0.25, -0.2) is 4.98 Å². The maximum Gasteiger partial charge on any atom is 0.121 e. The van der Waals surface area contributed by atoms with E-state index in [2.05, 4.69) is 29.2 Å². The molecule has 0 aliphatic rings. The van der Waals surface area contributed by atoms with Crippen molar-refractivity contribution in [1.29, 1.82) is 0 Å². The zero-order chi connectivity index (χ0) is 17.8. The molecular formula is C23H20N2O. The fourth-order valence-electron chi connectivity index (χ4n) is 3.13. The summed E-state index contributed by atoms with van der Waals surface area (Å²) < 4.78 is 1.99. The third-order valence-electron chi connectivity index (χ3n) is 4.55. The zero-order valence-electron chi connectivity index (χ0n) is 14.4. The average Bonchev–Trinajstić information content (AvgIpc) is 3.17. The van der Waals surface area contributed by atoms with Gasteiger partial charge in [-0.15, -0.1) is 0 Å². The van der Waals surface area contributed by atoms with Gasteiger partial charge in [0, 0.05) is 6.54 Å². The van der Waals surface area contributed by atoms with Crippen LogP contribution in [0.15, 0.2) is 97.5 Å². The molecule has 128 valence electrons. The van der Waals surface area contributed by atoms with Gasteiger partial charge in [0.1, 0.15) is 6.10 Å². The minimum atomic E-state index is -0.703. The normalized spacial score (nSPS) is 12.0. The molecule has 0 radical (unpaired) electrons. The maximum absolute atomic E-state index is 10.8. The Morgan fingerprint density at radius 2 is 1.38 bits per heavy atom. The largest absolute Gasteiger partial charge is 0.382 e. The van der Waals surface area contributed by atoms with E-state index in [0.29, 0.717) is 6.54 Å². The number of hydrogen-bond donors (Lipinski definition) is 1. The first-order valence-electron chi connectivity index (χ1n) is 8.68. The Morgan fingerprint density at radius 3 is 2.08 bits per heavy atom. The highest BCUT2D eigenvalue weighted by molar-refractivity contribution is 5.63. The fraction of sp³-hybridized carbons (Fsp3) is 0.0870. The number of aliphatic hydroxyl groups is 1. The second kappa shape index (κ2) is 7.38. The molecule has 1 aromatic heterocycles. The van der Waals surface area contributed by atoms with Gasteiger partial charge in [0.05, 0.1) is 18.2 Å². The van der Waals surface area contributed by atoms with E-state index in [-0.39, 0.29) is 0 Å². The summed E-state index contributed by atoms with van der Waals surface area (Å²) >= 11 is 0. The Balaban J connectivity index is 1.57. The third-order valence-corrected chi connectivity index (χ3v) is 4.55. The van der Waals surface area contributed by atoms with Gasteiger partial charge in [-0.2, -0.15) is 0 Å². The molecule has 1 unspecified atom stereocenters. The standard InChI is InChI=1S/C23H20N2O/c26-23(21-13-11-20(12-14-21)19-9-5-2-6-10-19)22-15-24-17-25(22)16-18-7-3-1-4-8-18/h1-15,17,23,26H,16H2. The van der Waals surface area contributed by atoms with Crippen LogP contribution in [-0.4, -0.2) is 14.7 Å². The number of aromatic nitrogens is 2. The maximum atomic E-state index is 10.8. The van der Waals surface area contributed by atoms with Crippen molar-refractivity contribution in [3.63, 3.8) is 0 Å². The van der Waals surface area contributed by atoms with Crippen molar-refractivity contribution in [1.82, 2.24) is 9.55 Å². The SMILES string of the molecule is OC(c1ccc(-c2ccccc2)cc1)c1cncn1Cc1ccccc1. The third kappa shape index (κ3) is 3.44. The van der Waals surface area contributed by atoms with Crippen molar-refractivity contribution in [2.24, 2.45) is 0 Å². The lowest BCUT2D eigenvalue weighted by Gasteiger charge is -2.15. The summed E-state index contributed by atoms with van der Waals surface area (Å²) in [5, 5.41) is 10.8. The zero-order valence-corrected chi connectivity index (χ0v) is 14.4. The van der Waals surface area contributed by atoms with E-state index in [0.717, 1.165) is 16.8 Å². The van der Waals surface area contributed by atoms with Crippen molar-refractivity contribution in [3.05, 3.63) is 114 Å². The summed E-state index contributed by atoms with van der Waals surface area (Å²) in [5.74, 6) is 0. The van der Waals surface area contributed by atoms with E-state index in [1.807, 2.05) is 65.2 Å². The Hall–Kier alpha value is -3.17. The van der Waals surface area contributed by atoms with Crippen molar-refractivity contribution >= 4 is 0 Å². The summed E-state index contributed by atoms with van der Waals surface area (Å²) in [6.45, 7) is 0.690. The van der Waals surface area contributed by atoms with Crippen LogP contribution in [-0.2, 0) is 6.54 Å². The number of aliphatic hydroxyl groups excluding tert-OH is 1. The Kier molecular flexibility index (Phi) is 4.63. The molecule has 0 saturated heterocycles. The molecule has 0 spiro atoms. The van der Waals surface area contributed by atoms with Gasteiger partial charge in [0.25, 0.3) is 0 Å². The molecule has 0 bridgehead atoms. The highest BCUT2D eigenvalue weighted by Crippen LogP contribution is 2.26. The van der Waals surface area contributed by atoms with Gasteiger partial charge in [0.15, 0.2) is 0 Å². The smallest absolute Gasteiger partial charge is 0.121 e. The van der Waals surface area contributed by atoms with Gasteiger partial charge in [0.2, 0.25) is 0 Å². The molecule has 0 aliphatic heterocycles. The molecule has 0 fully saturated rings. The topological polar surface area (TPSA) is 38.1 Å². The van der Waals surface area contributed by atoms with E-state index in [9.17, 15) is 5.11 Å². The average molecular weight is 340 g/mol. The van der Waals surface area contributed by atoms with Crippen LogP contribution in [0.4, 0.5) is 0 Å². The molecule has 3 heteroatoms. The van der Waals surface area contributed by atoms with Crippen LogP contribution in [0.5, 0.6) is 0 Å². The summed E-state index contributed by atoms with van der Waals surface area (Å²) in [6.07, 6.45) is 2.80. The van der Waals surface area contributed by atoms with Gasteiger partial charge in [-0.05, 0) is 22.3 Å². The molecule has 4 rings (SSSR count). The van der Waals surface area contributed by atoms with Crippen molar-refractivity contribution < 1.29 is 5.11 Å². The molecule has 3 aromatic carbocycles. The van der Waals surface area contributed by atoms with Gasteiger partial charge in [-0.1, -0.05) is 84.9 Å². The summed E-state index contributed by atoms with van der Waals surface area (Å²) in [7, 11) is 0. The minimum Gasteiger partial charge on any atom is -0.382 e.